The number of rotatable bonds is 5. The van der Waals surface area contributed by atoms with Crippen molar-refractivity contribution in [1.82, 2.24) is 5.32 Å². The predicted octanol–water partition coefficient (Wildman–Crippen LogP) is 1.52. The Morgan fingerprint density at radius 2 is 2.30 bits per heavy atom. The highest BCUT2D eigenvalue weighted by atomic mass is 33.1. The molecular formula is C6H13NOS2. The average molecular weight is 179 g/mol. The first kappa shape index (κ1) is 10.2. The Morgan fingerprint density at radius 3 is 2.80 bits per heavy atom. The Bertz CT molecular complexity index is 97.7. The summed E-state index contributed by atoms with van der Waals surface area (Å²) in [5, 5.41) is 2.74. The van der Waals surface area contributed by atoms with Crippen molar-refractivity contribution >= 4 is 27.5 Å². The summed E-state index contributed by atoms with van der Waals surface area (Å²) in [5.74, 6) is 1.18. The summed E-state index contributed by atoms with van der Waals surface area (Å²) in [5.41, 5.74) is 0. The number of hydrogen-bond donors (Lipinski definition) is 1. The highest BCUT2D eigenvalue weighted by Gasteiger charge is 1.89. The fraction of sp³-hybridized carbons (Fsp3) is 0.833. The molecule has 0 heterocycles. The zero-order chi connectivity index (χ0) is 7.82. The van der Waals surface area contributed by atoms with Gasteiger partial charge in [0.2, 0.25) is 5.91 Å². The normalized spacial score (nSPS) is 9.40. The van der Waals surface area contributed by atoms with E-state index in [1.54, 1.807) is 17.7 Å². The van der Waals surface area contributed by atoms with Gasteiger partial charge in [0.05, 0.1) is 0 Å². The second-order valence-electron chi connectivity index (χ2n) is 1.83. The third kappa shape index (κ3) is 8.17. The zero-order valence-corrected chi connectivity index (χ0v) is 7.98. The van der Waals surface area contributed by atoms with Gasteiger partial charge in [0.25, 0.3) is 0 Å². The van der Waals surface area contributed by atoms with Gasteiger partial charge in [-0.05, 0) is 12.7 Å². The molecule has 0 rings (SSSR count). The molecule has 60 valence electrons. The lowest BCUT2D eigenvalue weighted by Gasteiger charge is -1.99. The SMILES string of the molecule is CSSCCCNC(C)=O. The molecule has 0 aromatic rings. The van der Waals surface area contributed by atoms with Crippen LogP contribution >= 0.6 is 21.6 Å². The summed E-state index contributed by atoms with van der Waals surface area (Å²) >= 11 is 0. The maximum atomic E-state index is 10.4. The van der Waals surface area contributed by atoms with Crippen LogP contribution in [0, 0.1) is 0 Å². The first-order chi connectivity index (χ1) is 4.77. The number of carbonyl (C=O) groups is 1. The van der Waals surface area contributed by atoms with Crippen LogP contribution in [0.1, 0.15) is 13.3 Å². The fourth-order valence-electron chi connectivity index (χ4n) is 0.479. The van der Waals surface area contributed by atoms with E-state index >= 15 is 0 Å². The summed E-state index contributed by atoms with van der Waals surface area (Å²) in [7, 11) is 3.59. The molecule has 0 saturated heterocycles. The molecule has 0 aliphatic rings. The molecule has 1 N–H and O–H groups in total. The topological polar surface area (TPSA) is 29.1 Å². The van der Waals surface area contributed by atoms with Crippen LogP contribution in [-0.4, -0.2) is 24.5 Å². The molecule has 0 unspecified atom stereocenters. The second-order valence-corrected chi connectivity index (χ2v) is 4.51. The predicted molar refractivity (Wildman–Crippen MR) is 49.3 cm³/mol. The Morgan fingerprint density at radius 1 is 1.60 bits per heavy atom. The highest BCUT2D eigenvalue weighted by molar-refractivity contribution is 8.76. The molecule has 0 bridgehead atoms. The first-order valence-corrected chi connectivity index (χ1v) is 5.90. The summed E-state index contributed by atoms with van der Waals surface area (Å²) in [6.07, 6.45) is 3.12. The Kier molecular flexibility index (Phi) is 7.40. The van der Waals surface area contributed by atoms with Gasteiger partial charge in [-0.2, -0.15) is 0 Å². The Labute approximate surface area is 69.9 Å². The third-order valence-corrected chi connectivity index (χ3v) is 2.79. The van der Waals surface area contributed by atoms with Crippen molar-refractivity contribution in [2.24, 2.45) is 0 Å². The lowest BCUT2D eigenvalue weighted by Crippen LogP contribution is -2.21. The maximum absolute atomic E-state index is 10.4. The molecule has 1 amide bonds. The minimum atomic E-state index is 0.0640. The van der Waals surface area contributed by atoms with E-state index in [2.05, 4.69) is 11.6 Å². The van der Waals surface area contributed by atoms with Crippen molar-refractivity contribution in [2.75, 3.05) is 18.6 Å². The largest absolute Gasteiger partial charge is 0.356 e. The van der Waals surface area contributed by atoms with Crippen molar-refractivity contribution in [3.63, 3.8) is 0 Å². The molecule has 10 heavy (non-hydrogen) atoms. The van der Waals surface area contributed by atoms with E-state index in [0.717, 1.165) is 18.7 Å². The van der Waals surface area contributed by atoms with E-state index in [-0.39, 0.29) is 5.91 Å². The lowest BCUT2D eigenvalue weighted by molar-refractivity contribution is -0.118. The molecule has 0 atom stereocenters. The third-order valence-electron chi connectivity index (χ3n) is 0.896. The lowest BCUT2D eigenvalue weighted by atomic mass is 10.5. The van der Waals surface area contributed by atoms with Crippen LogP contribution in [0.3, 0.4) is 0 Å². The fourth-order valence-corrected chi connectivity index (χ4v) is 1.76. The van der Waals surface area contributed by atoms with Crippen molar-refractivity contribution < 1.29 is 4.79 Å². The Balaban J connectivity index is 2.84. The van der Waals surface area contributed by atoms with Crippen LogP contribution in [0.4, 0.5) is 0 Å². The summed E-state index contributed by atoms with van der Waals surface area (Å²) in [4.78, 5) is 10.4. The zero-order valence-electron chi connectivity index (χ0n) is 6.35. The van der Waals surface area contributed by atoms with Crippen molar-refractivity contribution in [1.29, 1.82) is 0 Å². The Hall–Kier alpha value is 0.170. The van der Waals surface area contributed by atoms with Gasteiger partial charge >= 0.3 is 0 Å². The summed E-state index contributed by atoms with van der Waals surface area (Å²) < 4.78 is 0. The number of carbonyl (C=O) groups excluding carboxylic acids is 1. The monoisotopic (exact) mass is 179 g/mol. The highest BCUT2D eigenvalue weighted by Crippen LogP contribution is 2.16. The van der Waals surface area contributed by atoms with E-state index in [1.807, 2.05) is 10.8 Å². The van der Waals surface area contributed by atoms with Gasteiger partial charge in [0.15, 0.2) is 0 Å². The smallest absolute Gasteiger partial charge is 0.216 e. The molecule has 0 radical (unpaired) electrons. The van der Waals surface area contributed by atoms with Gasteiger partial charge in [-0.25, -0.2) is 0 Å². The average Bonchev–Trinajstić information content (AvgIpc) is 1.87. The van der Waals surface area contributed by atoms with Crippen molar-refractivity contribution in [2.45, 2.75) is 13.3 Å². The van der Waals surface area contributed by atoms with Crippen molar-refractivity contribution in [3.05, 3.63) is 0 Å². The van der Waals surface area contributed by atoms with Gasteiger partial charge in [-0.15, -0.1) is 0 Å². The number of amides is 1. The van der Waals surface area contributed by atoms with Crippen LogP contribution in [0.25, 0.3) is 0 Å². The van der Waals surface area contributed by atoms with E-state index in [4.69, 9.17) is 0 Å². The van der Waals surface area contributed by atoms with Gasteiger partial charge in [0.1, 0.15) is 0 Å². The molecule has 0 aliphatic carbocycles. The van der Waals surface area contributed by atoms with Crippen LogP contribution < -0.4 is 5.32 Å². The molecule has 0 aromatic heterocycles. The van der Waals surface area contributed by atoms with E-state index in [9.17, 15) is 4.79 Å². The number of hydrogen-bond acceptors (Lipinski definition) is 3. The van der Waals surface area contributed by atoms with E-state index in [0.29, 0.717) is 0 Å². The summed E-state index contributed by atoms with van der Waals surface area (Å²) in [6.45, 7) is 2.35. The van der Waals surface area contributed by atoms with Gasteiger partial charge < -0.3 is 5.32 Å². The minimum absolute atomic E-state index is 0.0640. The molecular weight excluding hydrogens is 166 g/mol. The quantitative estimate of drug-likeness (QED) is 0.512. The standard InChI is InChI=1S/C6H13NOS2/c1-6(8)7-4-3-5-10-9-2/h3-5H2,1-2H3,(H,7,8). The number of nitrogens with one attached hydrogen (secondary N) is 1. The van der Waals surface area contributed by atoms with Crippen molar-refractivity contribution in [3.8, 4) is 0 Å². The minimum Gasteiger partial charge on any atom is -0.356 e. The molecule has 0 fully saturated rings. The molecule has 0 spiro atoms. The van der Waals surface area contributed by atoms with Gasteiger partial charge in [-0.1, -0.05) is 21.6 Å². The summed E-state index contributed by atoms with van der Waals surface area (Å²) in [6, 6.07) is 0. The first-order valence-electron chi connectivity index (χ1n) is 3.17. The maximum Gasteiger partial charge on any atom is 0.216 e. The van der Waals surface area contributed by atoms with E-state index in [1.165, 1.54) is 0 Å². The molecule has 0 aliphatic heterocycles. The molecule has 4 heteroatoms. The molecule has 0 aromatic carbocycles. The van der Waals surface area contributed by atoms with E-state index < -0.39 is 0 Å². The second kappa shape index (κ2) is 7.28. The van der Waals surface area contributed by atoms with Gasteiger partial charge in [-0.3, -0.25) is 4.79 Å². The van der Waals surface area contributed by atoms with Crippen LogP contribution in [0.15, 0.2) is 0 Å². The molecule has 0 saturated carbocycles. The van der Waals surface area contributed by atoms with Crippen LogP contribution in [0.2, 0.25) is 0 Å². The van der Waals surface area contributed by atoms with Gasteiger partial charge in [0, 0.05) is 19.2 Å². The van der Waals surface area contributed by atoms with Crippen LogP contribution in [0.5, 0.6) is 0 Å². The van der Waals surface area contributed by atoms with Crippen LogP contribution in [-0.2, 0) is 4.79 Å². The molecule has 2 nitrogen and oxygen atoms in total.